The van der Waals surface area contributed by atoms with Crippen LogP contribution >= 0.6 is 27.3 Å². The van der Waals surface area contributed by atoms with E-state index < -0.39 is 0 Å². The van der Waals surface area contributed by atoms with E-state index in [1.165, 1.54) is 0 Å². The first-order valence-corrected chi connectivity index (χ1v) is 4.88. The number of halogens is 1. The molecule has 0 atom stereocenters. The quantitative estimate of drug-likeness (QED) is 0.518. The van der Waals surface area contributed by atoms with Crippen LogP contribution in [0.5, 0.6) is 0 Å². The second-order valence-corrected chi connectivity index (χ2v) is 3.27. The Kier molecular flexibility index (Phi) is 3.48. The van der Waals surface area contributed by atoms with Gasteiger partial charge in [0, 0.05) is 23.3 Å². The summed E-state index contributed by atoms with van der Waals surface area (Å²) < 4.78 is 0. The molecule has 0 saturated carbocycles. The van der Waals surface area contributed by atoms with Crippen LogP contribution in [-0.4, -0.2) is 10.3 Å². The van der Waals surface area contributed by atoms with Gasteiger partial charge in [0.15, 0.2) is 5.01 Å². The first kappa shape index (κ1) is 7.77. The molecule has 0 aliphatic carbocycles. The number of nitrogens with zero attached hydrogens (tertiary/aromatic N) is 1. The van der Waals surface area contributed by atoms with Gasteiger partial charge in [0.05, 0.1) is 0 Å². The maximum absolute atomic E-state index is 4.02. The Morgan fingerprint density at radius 3 is 3.20 bits per heavy atom. The van der Waals surface area contributed by atoms with Gasteiger partial charge >= 0.3 is 0 Å². The average Bonchev–Trinajstić information content (AvgIpc) is 2.41. The van der Waals surface area contributed by atoms with Crippen molar-refractivity contribution in [2.45, 2.75) is 6.42 Å². The van der Waals surface area contributed by atoms with Crippen molar-refractivity contribution >= 4 is 27.3 Å². The fraction of sp³-hybridized carbons (Fsp3) is 0.286. The molecule has 1 aromatic heterocycles. The molecule has 0 aromatic carbocycles. The normalized spacial score (nSPS) is 8.50. The zero-order chi connectivity index (χ0) is 7.23. The Morgan fingerprint density at radius 1 is 1.70 bits per heavy atom. The molecular formula is C7H6BrNS. The van der Waals surface area contributed by atoms with Gasteiger partial charge in [-0.25, -0.2) is 4.98 Å². The molecule has 0 aliphatic heterocycles. The van der Waals surface area contributed by atoms with Gasteiger partial charge in [-0.05, 0) is 5.92 Å². The highest BCUT2D eigenvalue weighted by Gasteiger charge is 1.83. The predicted molar refractivity (Wildman–Crippen MR) is 47.4 cm³/mol. The molecule has 1 aromatic rings. The molecular weight excluding hydrogens is 210 g/mol. The van der Waals surface area contributed by atoms with Crippen LogP contribution in [0.15, 0.2) is 11.6 Å². The summed E-state index contributed by atoms with van der Waals surface area (Å²) in [5, 5.41) is 3.77. The molecule has 0 saturated heterocycles. The van der Waals surface area contributed by atoms with E-state index in [1.807, 2.05) is 5.38 Å². The lowest BCUT2D eigenvalue weighted by Gasteiger charge is -1.75. The monoisotopic (exact) mass is 215 g/mol. The second-order valence-electron chi connectivity index (χ2n) is 1.58. The summed E-state index contributed by atoms with van der Waals surface area (Å²) in [5.74, 6) is 5.94. The minimum Gasteiger partial charge on any atom is -0.236 e. The summed E-state index contributed by atoms with van der Waals surface area (Å²) >= 11 is 4.87. The Bertz CT molecular complexity index is 232. The average molecular weight is 216 g/mol. The van der Waals surface area contributed by atoms with Crippen molar-refractivity contribution in [3.05, 3.63) is 16.6 Å². The second kappa shape index (κ2) is 4.48. The third kappa shape index (κ3) is 2.51. The zero-order valence-corrected chi connectivity index (χ0v) is 7.70. The molecule has 0 fully saturated rings. The van der Waals surface area contributed by atoms with Crippen LogP contribution in [-0.2, 0) is 0 Å². The summed E-state index contributed by atoms with van der Waals surface area (Å²) in [6, 6.07) is 0. The smallest absolute Gasteiger partial charge is 0.166 e. The number of aromatic nitrogens is 1. The van der Waals surface area contributed by atoms with E-state index in [1.54, 1.807) is 17.5 Å². The van der Waals surface area contributed by atoms with Crippen LogP contribution in [0.4, 0.5) is 0 Å². The lowest BCUT2D eigenvalue weighted by atomic mass is 10.5. The minimum absolute atomic E-state index is 0.888. The van der Waals surface area contributed by atoms with E-state index in [9.17, 15) is 0 Å². The minimum atomic E-state index is 0.888. The predicted octanol–water partition coefficient (Wildman–Crippen LogP) is 2.28. The van der Waals surface area contributed by atoms with Crippen LogP contribution in [0.25, 0.3) is 0 Å². The van der Waals surface area contributed by atoms with E-state index in [4.69, 9.17) is 0 Å². The van der Waals surface area contributed by atoms with Crippen molar-refractivity contribution in [3.63, 3.8) is 0 Å². The molecule has 0 radical (unpaired) electrons. The van der Waals surface area contributed by atoms with Crippen molar-refractivity contribution in [3.8, 4) is 11.8 Å². The molecule has 1 nitrogen and oxygen atoms in total. The van der Waals surface area contributed by atoms with Crippen LogP contribution < -0.4 is 0 Å². The fourth-order valence-electron chi connectivity index (χ4n) is 0.471. The lowest BCUT2D eigenvalue weighted by molar-refractivity contribution is 1.31. The van der Waals surface area contributed by atoms with Crippen LogP contribution in [0.2, 0.25) is 0 Å². The van der Waals surface area contributed by atoms with Crippen LogP contribution in [0, 0.1) is 11.8 Å². The summed E-state index contributed by atoms with van der Waals surface area (Å²) in [5.41, 5.74) is 0. The molecule has 0 spiro atoms. The van der Waals surface area contributed by atoms with Gasteiger partial charge in [-0.1, -0.05) is 21.9 Å². The standard InChI is InChI=1S/C7H6BrNS/c8-4-2-1-3-7-9-5-6-10-7/h5-6H,2,4H2. The molecule has 0 aliphatic rings. The summed E-state index contributed by atoms with van der Waals surface area (Å²) in [4.78, 5) is 4.02. The third-order valence-electron chi connectivity index (χ3n) is 0.847. The summed E-state index contributed by atoms with van der Waals surface area (Å²) in [6.45, 7) is 0. The number of thiazole rings is 1. The van der Waals surface area contributed by atoms with Crippen LogP contribution in [0.1, 0.15) is 11.4 Å². The van der Waals surface area contributed by atoms with Gasteiger partial charge in [-0.2, -0.15) is 0 Å². The van der Waals surface area contributed by atoms with Crippen molar-refractivity contribution in [1.82, 2.24) is 4.98 Å². The maximum Gasteiger partial charge on any atom is 0.166 e. The van der Waals surface area contributed by atoms with E-state index in [0.29, 0.717) is 0 Å². The largest absolute Gasteiger partial charge is 0.236 e. The van der Waals surface area contributed by atoms with Gasteiger partial charge < -0.3 is 0 Å². The lowest BCUT2D eigenvalue weighted by Crippen LogP contribution is -1.69. The van der Waals surface area contributed by atoms with Crippen molar-refractivity contribution in [2.24, 2.45) is 0 Å². The molecule has 0 N–H and O–H groups in total. The Balaban J connectivity index is 2.49. The van der Waals surface area contributed by atoms with Gasteiger partial charge in [0.1, 0.15) is 0 Å². The Labute approximate surface area is 72.6 Å². The van der Waals surface area contributed by atoms with E-state index >= 15 is 0 Å². The topological polar surface area (TPSA) is 12.9 Å². The van der Waals surface area contributed by atoms with Crippen molar-refractivity contribution in [1.29, 1.82) is 0 Å². The van der Waals surface area contributed by atoms with Crippen LogP contribution in [0.3, 0.4) is 0 Å². The highest BCUT2D eigenvalue weighted by molar-refractivity contribution is 9.09. The maximum atomic E-state index is 4.02. The van der Waals surface area contributed by atoms with E-state index in [0.717, 1.165) is 16.8 Å². The summed E-state index contributed by atoms with van der Waals surface area (Å²) in [7, 11) is 0. The number of hydrogen-bond donors (Lipinski definition) is 0. The molecule has 1 heterocycles. The van der Waals surface area contributed by atoms with Gasteiger partial charge in [-0.3, -0.25) is 0 Å². The molecule has 1 rings (SSSR count). The van der Waals surface area contributed by atoms with Gasteiger partial charge in [0.2, 0.25) is 0 Å². The van der Waals surface area contributed by atoms with E-state index in [-0.39, 0.29) is 0 Å². The SMILES string of the molecule is BrCCC#Cc1nccs1. The highest BCUT2D eigenvalue weighted by atomic mass is 79.9. The Hall–Kier alpha value is -0.330. The molecule has 3 heteroatoms. The molecule has 52 valence electrons. The third-order valence-corrected chi connectivity index (χ3v) is 1.93. The number of rotatable bonds is 1. The van der Waals surface area contributed by atoms with Gasteiger partial charge in [-0.15, -0.1) is 11.3 Å². The number of hydrogen-bond acceptors (Lipinski definition) is 2. The van der Waals surface area contributed by atoms with E-state index in [2.05, 4.69) is 32.8 Å². The Morgan fingerprint density at radius 2 is 2.60 bits per heavy atom. The van der Waals surface area contributed by atoms with Crippen molar-refractivity contribution in [2.75, 3.05) is 5.33 Å². The summed E-state index contributed by atoms with van der Waals surface area (Å²) in [6.07, 6.45) is 2.66. The molecule has 0 amide bonds. The first-order chi connectivity index (χ1) is 4.93. The zero-order valence-electron chi connectivity index (χ0n) is 5.30. The van der Waals surface area contributed by atoms with Crippen molar-refractivity contribution < 1.29 is 0 Å². The molecule has 0 bridgehead atoms. The fourth-order valence-corrected chi connectivity index (χ4v) is 1.17. The molecule has 0 unspecified atom stereocenters. The molecule has 10 heavy (non-hydrogen) atoms. The first-order valence-electron chi connectivity index (χ1n) is 2.88. The number of alkyl halides is 1. The highest BCUT2D eigenvalue weighted by Crippen LogP contribution is 2.00. The van der Waals surface area contributed by atoms with Gasteiger partial charge in [0.25, 0.3) is 0 Å².